The van der Waals surface area contributed by atoms with Crippen LogP contribution in [0.4, 0.5) is 17.7 Å². The number of pyridine rings is 3. The first kappa shape index (κ1) is 113. The SMILES string of the molecule is Cc1cc(C)c(S(=O)(=O)NC(CNC(=O)c2cn(CCCNC(=O)CCC(=O)NCCCOCCOCCOCCC(NC(=O)c3ccc(N/N=C/c4ccccc4S(=O)(=O)O)nc3)OCCOCCOCCCNC(=O)CCC(=O)NCCCn3cc(C(=O)NCC(NS(=O)(=O)c4c(C)cc(C)cc4C)C(=O)O)c(=O)c4ccc(CNc5ncc[nH]5)cc43)c3cc(CNc4ncc[nH]4)ccc3c2=O)C(=O)O)c(C)c1. The Labute approximate surface area is 836 Å². The molecule has 3 atom stereocenters. The van der Waals surface area contributed by atoms with Crippen LogP contribution < -0.4 is 73.6 Å². The van der Waals surface area contributed by atoms with Gasteiger partial charge in [-0.3, -0.25) is 62.7 Å². The van der Waals surface area contributed by atoms with Crippen LogP contribution in [0.25, 0.3) is 21.8 Å². The third-order valence-electron chi connectivity index (χ3n) is 22.2. The Balaban J connectivity index is 0.593. The highest BCUT2D eigenvalue weighted by atomic mass is 32.2. The summed E-state index contributed by atoms with van der Waals surface area (Å²) in [5, 5.41) is 49.6. The van der Waals surface area contributed by atoms with Gasteiger partial charge >= 0.3 is 11.9 Å². The Morgan fingerprint density at radius 3 is 1.30 bits per heavy atom. The number of imidazole rings is 2. The number of fused-ring (bicyclic) bond motifs is 2. The van der Waals surface area contributed by atoms with E-state index in [-0.39, 0.29) is 203 Å². The molecule has 46 nitrogen and oxygen atoms in total. The molecule has 0 radical (unpaired) electrons. The van der Waals surface area contributed by atoms with E-state index in [0.29, 0.717) is 90.6 Å². The number of hydrogen-bond donors (Lipinski definition) is 17. The minimum atomic E-state index is -4.53. The zero-order valence-corrected chi connectivity index (χ0v) is 83.4. The van der Waals surface area contributed by atoms with Crippen LogP contribution in [-0.2, 0) is 114 Å². The van der Waals surface area contributed by atoms with E-state index >= 15 is 0 Å². The maximum Gasteiger partial charge on any atom is 0.323 e. The van der Waals surface area contributed by atoms with Gasteiger partial charge in [-0.05, 0) is 143 Å². The fourth-order valence-corrected chi connectivity index (χ4v) is 19.3. The predicted molar refractivity (Wildman–Crippen MR) is 534 cm³/mol. The molecule has 0 aliphatic heterocycles. The van der Waals surface area contributed by atoms with Crippen LogP contribution in [0.2, 0.25) is 0 Å². The van der Waals surface area contributed by atoms with E-state index in [1.807, 2.05) is 0 Å². The molecule has 5 aromatic carbocycles. The van der Waals surface area contributed by atoms with Crippen molar-refractivity contribution in [2.45, 2.75) is 159 Å². The number of carbonyl (C=O) groups excluding carboxylic acids is 7. The van der Waals surface area contributed by atoms with Crippen molar-refractivity contribution < 1.29 is 112 Å². The summed E-state index contributed by atoms with van der Waals surface area (Å²) in [6.07, 6.45) is 11.9. The number of hydrogen-bond acceptors (Lipinski definition) is 30. The van der Waals surface area contributed by atoms with Crippen molar-refractivity contribution in [2.24, 2.45) is 5.10 Å². The molecule has 0 saturated heterocycles. The summed E-state index contributed by atoms with van der Waals surface area (Å²) in [6.45, 7) is 12.4. The highest BCUT2D eigenvalue weighted by Gasteiger charge is 2.32. The first-order chi connectivity index (χ1) is 69.4. The van der Waals surface area contributed by atoms with E-state index in [1.54, 1.807) is 142 Å². The third kappa shape index (κ3) is 36.0. The van der Waals surface area contributed by atoms with Crippen molar-refractivity contribution >= 4 is 129 Å². The van der Waals surface area contributed by atoms with Crippen molar-refractivity contribution in [3.63, 3.8) is 0 Å². The summed E-state index contributed by atoms with van der Waals surface area (Å²) in [6, 6.07) is 21.6. The van der Waals surface area contributed by atoms with Gasteiger partial charge in [-0.1, -0.05) is 65.7 Å². The second kappa shape index (κ2) is 56.2. The molecular weight excluding hydrogens is 1950 g/mol. The van der Waals surface area contributed by atoms with E-state index in [1.165, 1.54) is 55.1 Å². The van der Waals surface area contributed by atoms with Gasteiger partial charge in [0.05, 0.1) is 92.1 Å². The fraction of sp³-hybridized carbons (Fsp3) is 0.406. The highest BCUT2D eigenvalue weighted by Crippen LogP contribution is 2.26. The Hall–Kier alpha value is -14.1. The number of aliphatic carboxylic acids is 2. The molecule has 10 aromatic rings. The molecule has 7 amide bonds. The lowest BCUT2D eigenvalue weighted by Gasteiger charge is -2.20. The van der Waals surface area contributed by atoms with E-state index in [9.17, 15) is 92.8 Å². The smallest absolute Gasteiger partial charge is 0.323 e. The summed E-state index contributed by atoms with van der Waals surface area (Å²) in [5.41, 5.74) is 6.51. The molecule has 5 heterocycles. The molecule has 0 fully saturated rings. The van der Waals surface area contributed by atoms with Gasteiger partial charge in [0, 0.05) is 170 Å². The van der Waals surface area contributed by atoms with Crippen LogP contribution in [0.1, 0.15) is 139 Å². The molecule has 5 aromatic heterocycles. The van der Waals surface area contributed by atoms with E-state index in [4.69, 9.17) is 28.4 Å². The fourth-order valence-electron chi connectivity index (χ4n) is 15.4. The number of carboxylic acid groups (broad SMARTS) is 2. The summed E-state index contributed by atoms with van der Waals surface area (Å²) >= 11 is 0. The second-order valence-electron chi connectivity index (χ2n) is 33.6. The van der Waals surface area contributed by atoms with Crippen LogP contribution >= 0.6 is 0 Å². The normalized spacial score (nSPS) is 12.3. The number of hydrazone groups is 1. The van der Waals surface area contributed by atoms with Gasteiger partial charge in [-0.15, -0.1) is 0 Å². The number of aromatic nitrogens is 7. The number of H-pyrrole nitrogens is 2. The number of anilines is 3. The number of aromatic amines is 2. The first-order valence-electron chi connectivity index (χ1n) is 46.6. The van der Waals surface area contributed by atoms with Crippen LogP contribution in [0.5, 0.6) is 0 Å². The van der Waals surface area contributed by atoms with Gasteiger partial charge in [-0.25, -0.2) is 31.8 Å². The van der Waals surface area contributed by atoms with Gasteiger partial charge < -0.3 is 106 Å². The van der Waals surface area contributed by atoms with Crippen molar-refractivity contribution in [1.82, 2.24) is 80.7 Å². The Kier molecular flexibility index (Phi) is 43.8. The van der Waals surface area contributed by atoms with Gasteiger partial charge in [-0.2, -0.15) is 23.0 Å². The number of rotatable bonds is 64. The molecule has 0 aliphatic carbocycles. The van der Waals surface area contributed by atoms with Crippen LogP contribution in [-0.4, -0.2) is 264 Å². The van der Waals surface area contributed by atoms with Crippen molar-refractivity contribution in [3.05, 3.63) is 228 Å². The number of carbonyl (C=O) groups is 9. The second-order valence-corrected chi connectivity index (χ2v) is 38.3. The largest absolute Gasteiger partial charge is 0.480 e. The molecule has 0 spiro atoms. The third-order valence-corrected chi connectivity index (χ3v) is 26.7. The van der Waals surface area contributed by atoms with Crippen LogP contribution in [0.15, 0.2) is 170 Å². The molecule has 145 heavy (non-hydrogen) atoms. The molecule has 780 valence electrons. The van der Waals surface area contributed by atoms with Crippen LogP contribution in [0.3, 0.4) is 0 Å². The molecule has 3 unspecified atom stereocenters. The van der Waals surface area contributed by atoms with Crippen LogP contribution in [0, 0.1) is 41.5 Å². The molecule has 10 rings (SSSR count). The maximum atomic E-state index is 14.0. The van der Waals surface area contributed by atoms with Crippen molar-refractivity contribution in [2.75, 3.05) is 128 Å². The number of carboxylic acids is 2. The van der Waals surface area contributed by atoms with E-state index in [2.05, 4.69) is 92.7 Å². The molecule has 0 saturated carbocycles. The summed E-state index contributed by atoms with van der Waals surface area (Å²) in [4.78, 5) is 163. The Morgan fingerprint density at radius 2 is 0.890 bits per heavy atom. The molecule has 0 bridgehead atoms. The summed E-state index contributed by atoms with van der Waals surface area (Å²) in [5.74, 6) is -5.89. The first-order valence-corrected chi connectivity index (χ1v) is 51.0. The lowest BCUT2D eigenvalue weighted by molar-refractivity contribution is -0.139. The zero-order valence-electron chi connectivity index (χ0n) is 80.9. The van der Waals surface area contributed by atoms with Gasteiger partial charge in [0.15, 0.2) is 11.9 Å². The maximum absolute atomic E-state index is 14.0. The highest BCUT2D eigenvalue weighted by molar-refractivity contribution is 7.90. The van der Waals surface area contributed by atoms with Gasteiger partial charge in [0.2, 0.25) is 54.5 Å². The van der Waals surface area contributed by atoms with E-state index in [0.717, 1.165) is 22.3 Å². The zero-order chi connectivity index (χ0) is 105. The number of nitrogens with zero attached hydrogens (tertiary/aromatic N) is 6. The predicted octanol–water partition coefficient (Wildman–Crippen LogP) is 4.78. The lowest BCUT2D eigenvalue weighted by Crippen LogP contribution is -2.49. The van der Waals surface area contributed by atoms with E-state index < -0.39 is 114 Å². The Morgan fingerprint density at radius 1 is 0.476 bits per heavy atom. The Bertz CT molecular complexity index is 6620. The summed E-state index contributed by atoms with van der Waals surface area (Å²) in [7, 11) is -13.3. The topological polar surface area (TPSA) is 643 Å². The molecule has 49 heteroatoms. The number of ether oxygens (including phenoxy) is 6. The van der Waals surface area contributed by atoms with Gasteiger partial charge in [0.25, 0.3) is 27.8 Å². The minimum Gasteiger partial charge on any atom is -0.480 e. The average molecular weight is 2070 g/mol. The van der Waals surface area contributed by atoms with Crippen molar-refractivity contribution in [3.8, 4) is 0 Å². The number of nitrogens with one attached hydrogen (secondary N) is 14. The monoisotopic (exact) mass is 2070 g/mol. The number of amides is 7. The minimum absolute atomic E-state index is 0.0409. The van der Waals surface area contributed by atoms with Crippen molar-refractivity contribution in [1.29, 1.82) is 0 Å². The van der Waals surface area contributed by atoms with Gasteiger partial charge in [0.1, 0.15) is 40.2 Å². The average Bonchev–Trinajstić information content (AvgIpc) is 1.50. The molecular formula is C96H122N20O26S3. The lowest BCUT2D eigenvalue weighted by atomic mass is 10.1. The molecule has 0 aliphatic rings. The number of sulfonamides is 2. The standard InChI is InChI=1S/C96H122N20O26S3/c1-61-47-63(3)88(64(4)48-61)143(130,131)113-75(93(126)127)57-106-91(124)73-59-115(77-51-67(15-18-71(77)86(73)121)53-108-95-101-30-31-102-95)34-9-26-97-81(117)21-23-83(119)99-28-11-36-137-39-42-140-44-41-139-38-25-85(111-90(123)70-17-20-80(105-55-70)112-110-56-69-13-7-8-14-79(69)145(134,135)136)142-46-45-141-43-40-138-37-12-29-100-84(120)24-22-82(118)98-27-10-35-116-60-74(87(122)72-19-16-68(52-78(72)116)54-109-96-103-32-33-104-96)92(125)107-58-76(94(128)129)114-144(132,133)89-65(5)49-62(2)50-66(89)6/h7-8,13-20,30-33,47-52,55-56,59-60,75-76,85,113-114H,9-12,21-29,34-46,53-54,57-58H2,1-6H3,(H,97,117)(H,98,118)(H,99,119)(H,100,120)(H,105,112)(H,106,124)(H,107,125)(H,111,123)(H,126,127)(H,128,129)(H2,101,102,108)(H2,103,104,109)(H,134,135,136)/b110-56+. The number of benzene rings is 5. The summed E-state index contributed by atoms with van der Waals surface area (Å²) < 4.78 is 130. The number of aryl methyl sites for hydroxylation is 8. The quantitative estimate of drug-likeness (QED) is 0.00801. The molecule has 17 N–H and O–H groups in total.